The molecule has 0 aromatic heterocycles. The minimum atomic E-state index is -0.460. The zero-order valence-corrected chi connectivity index (χ0v) is 10.2. The maximum Gasteiger partial charge on any atom is 0.0988 e. The standard InChI is InChI=1S/C16H15NO/c1-16-12-8-4-2-6-10(12)14(17-16)15(18)11-7-3-5-9-13(11)16/h2-9,14-15,17-18H,1H3/t14?,15-,16?/m0/s1. The third-order valence-corrected chi connectivity index (χ3v) is 4.41. The van der Waals surface area contributed by atoms with Gasteiger partial charge in [0.05, 0.1) is 17.7 Å². The largest absolute Gasteiger partial charge is 0.386 e. The SMILES string of the molecule is CC12NC(c3ccccc31)[C@@H](O)c1ccccc12. The number of nitrogens with one attached hydrogen (secondary N) is 1. The highest BCUT2D eigenvalue weighted by Crippen LogP contribution is 2.52. The van der Waals surface area contributed by atoms with Crippen molar-refractivity contribution in [2.75, 3.05) is 0 Å². The predicted molar refractivity (Wildman–Crippen MR) is 70.2 cm³/mol. The lowest BCUT2D eigenvalue weighted by molar-refractivity contribution is 0.109. The van der Waals surface area contributed by atoms with E-state index in [1.807, 2.05) is 24.3 Å². The molecule has 2 aliphatic heterocycles. The van der Waals surface area contributed by atoms with Crippen LogP contribution < -0.4 is 5.32 Å². The van der Waals surface area contributed by atoms with Gasteiger partial charge in [-0.05, 0) is 29.2 Å². The Labute approximate surface area is 106 Å². The number of aliphatic hydroxyl groups is 1. The summed E-state index contributed by atoms with van der Waals surface area (Å²) in [6.07, 6.45) is -0.460. The van der Waals surface area contributed by atoms with Crippen LogP contribution in [0.5, 0.6) is 0 Å². The van der Waals surface area contributed by atoms with Crippen LogP contribution in [0.4, 0.5) is 0 Å². The molecule has 0 radical (unpaired) electrons. The molecular weight excluding hydrogens is 222 g/mol. The number of hydrogen-bond donors (Lipinski definition) is 2. The van der Waals surface area contributed by atoms with Crippen LogP contribution in [0.25, 0.3) is 0 Å². The van der Waals surface area contributed by atoms with Crippen molar-refractivity contribution in [1.29, 1.82) is 0 Å². The van der Waals surface area contributed by atoms with Crippen molar-refractivity contribution >= 4 is 0 Å². The molecule has 0 saturated heterocycles. The molecule has 2 aromatic carbocycles. The minimum Gasteiger partial charge on any atom is -0.386 e. The summed E-state index contributed by atoms with van der Waals surface area (Å²) in [5.41, 5.74) is 4.60. The number of benzene rings is 2. The summed E-state index contributed by atoms with van der Waals surface area (Å²) < 4.78 is 0. The molecule has 2 nitrogen and oxygen atoms in total. The van der Waals surface area contributed by atoms with Gasteiger partial charge < -0.3 is 5.11 Å². The van der Waals surface area contributed by atoms with E-state index in [4.69, 9.17) is 0 Å². The fourth-order valence-corrected chi connectivity index (χ4v) is 3.55. The van der Waals surface area contributed by atoms with Gasteiger partial charge in [-0.25, -0.2) is 0 Å². The summed E-state index contributed by atoms with van der Waals surface area (Å²) in [5.74, 6) is 0. The second kappa shape index (κ2) is 3.22. The Morgan fingerprint density at radius 2 is 1.50 bits per heavy atom. The molecule has 0 spiro atoms. The van der Waals surface area contributed by atoms with Gasteiger partial charge in [-0.3, -0.25) is 5.32 Å². The summed E-state index contributed by atoms with van der Waals surface area (Å²) >= 11 is 0. The molecule has 0 saturated carbocycles. The molecule has 0 fully saturated rings. The van der Waals surface area contributed by atoms with Crippen LogP contribution in [0.15, 0.2) is 48.5 Å². The highest BCUT2D eigenvalue weighted by atomic mass is 16.3. The topological polar surface area (TPSA) is 32.3 Å². The van der Waals surface area contributed by atoms with Crippen molar-refractivity contribution in [3.05, 3.63) is 70.8 Å². The van der Waals surface area contributed by atoms with Crippen LogP contribution in [0.3, 0.4) is 0 Å². The van der Waals surface area contributed by atoms with E-state index in [0.29, 0.717) is 0 Å². The van der Waals surface area contributed by atoms with E-state index in [-0.39, 0.29) is 11.6 Å². The maximum absolute atomic E-state index is 10.5. The van der Waals surface area contributed by atoms with Crippen molar-refractivity contribution in [1.82, 2.24) is 5.32 Å². The van der Waals surface area contributed by atoms with E-state index in [1.54, 1.807) is 0 Å². The lowest BCUT2D eigenvalue weighted by atomic mass is 9.82. The highest BCUT2D eigenvalue weighted by molar-refractivity contribution is 5.55. The monoisotopic (exact) mass is 237 g/mol. The first-order valence-electron chi connectivity index (χ1n) is 6.36. The van der Waals surface area contributed by atoms with Crippen LogP contribution in [0, 0.1) is 0 Å². The van der Waals surface area contributed by atoms with Crippen molar-refractivity contribution in [3.63, 3.8) is 0 Å². The maximum atomic E-state index is 10.5. The molecule has 3 atom stereocenters. The quantitative estimate of drug-likeness (QED) is 0.738. The summed E-state index contributed by atoms with van der Waals surface area (Å²) in [7, 11) is 0. The molecule has 2 aromatic rings. The van der Waals surface area contributed by atoms with Crippen LogP contribution in [-0.4, -0.2) is 5.11 Å². The Morgan fingerprint density at radius 1 is 0.944 bits per heavy atom. The Kier molecular flexibility index (Phi) is 1.84. The Hall–Kier alpha value is -1.64. The number of rotatable bonds is 0. The highest BCUT2D eigenvalue weighted by Gasteiger charge is 2.49. The van der Waals surface area contributed by atoms with Crippen LogP contribution in [-0.2, 0) is 5.54 Å². The van der Waals surface area contributed by atoms with E-state index >= 15 is 0 Å². The summed E-state index contributed by atoms with van der Waals surface area (Å²) in [4.78, 5) is 0. The number of hydrogen-bond acceptors (Lipinski definition) is 2. The average Bonchev–Trinajstić information content (AvgIpc) is 2.70. The third kappa shape index (κ3) is 1.05. The fraction of sp³-hybridized carbons (Fsp3) is 0.250. The van der Waals surface area contributed by atoms with Gasteiger partial charge >= 0.3 is 0 Å². The first kappa shape index (κ1) is 10.3. The summed E-state index contributed by atoms with van der Waals surface area (Å²) in [6.45, 7) is 2.20. The zero-order valence-electron chi connectivity index (χ0n) is 10.2. The lowest BCUT2D eigenvalue weighted by Crippen LogP contribution is -2.43. The molecular formula is C16H15NO. The zero-order chi connectivity index (χ0) is 12.3. The van der Waals surface area contributed by atoms with Crippen molar-refractivity contribution in [2.24, 2.45) is 0 Å². The van der Waals surface area contributed by atoms with Gasteiger partial charge in [0, 0.05) is 0 Å². The van der Waals surface area contributed by atoms with Crippen molar-refractivity contribution in [2.45, 2.75) is 24.6 Å². The molecule has 2 aliphatic rings. The average molecular weight is 237 g/mol. The first-order valence-corrected chi connectivity index (χ1v) is 6.36. The van der Waals surface area contributed by atoms with Gasteiger partial charge in [0.25, 0.3) is 0 Å². The van der Waals surface area contributed by atoms with Gasteiger partial charge in [-0.2, -0.15) is 0 Å². The smallest absolute Gasteiger partial charge is 0.0988 e. The Balaban J connectivity index is 2.08. The molecule has 2 heterocycles. The first-order chi connectivity index (χ1) is 8.72. The van der Waals surface area contributed by atoms with Crippen LogP contribution in [0.1, 0.15) is 41.3 Å². The molecule has 0 amide bonds. The second-order valence-electron chi connectivity index (χ2n) is 5.37. The van der Waals surface area contributed by atoms with Gasteiger partial charge in [0.1, 0.15) is 0 Å². The Bertz CT molecular complexity index is 636. The normalized spacial score (nSPS) is 31.9. The summed E-state index contributed by atoms with van der Waals surface area (Å²) in [6, 6.07) is 16.6. The fourth-order valence-electron chi connectivity index (χ4n) is 3.55. The van der Waals surface area contributed by atoms with Gasteiger partial charge in [-0.15, -0.1) is 0 Å². The van der Waals surface area contributed by atoms with E-state index in [9.17, 15) is 5.11 Å². The Morgan fingerprint density at radius 3 is 2.22 bits per heavy atom. The second-order valence-corrected chi connectivity index (χ2v) is 5.37. The lowest BCUT2D eigenvalue weighted by Gasteiger charge is -2.37. The molecule has 2 bridgehead atoms. The van der Waals surface area contributed by atoms with E-state index in [2.05, 4.69) is 36.5 Å². The minimum absolute atomic E-state index is 0.0149. The molecule has 4 rings (SSSR count). The molecule has 2 unspecified atom stereocenters. The predicted octanol–water partition coefficient (Wildman–Crippen LogP) is 2.64. The van der Waals surface area contributed by atoms with E-state index in [1.165, 1.54) is 16.7 Å². The van der Waals surface area contributed by atoms with E-state index in [0.717, 1.165) is 5.56 Å². The van der Waals surface area contributed by atoms with Gasteiger partial charge in [0.15, 0.2) is 0 Å². The van der Waals surface area contributed by atoms with Gasteiger partial charge in [-0.1, -0.05) is 48.5 Å². The molecule has 2 N–H and O–H groups in total. The molecule has 0 aliphatic carbocycles. The molecule has 2 heteroatoms. The van der Waals surface area contributed by atoms with Crippen molar-refractivity contribution < 1.29 is 5.11 Å². The van der Waals surface area contributed by atoms with Crippen molar-refractivity contribution in [3.8, 4) is 0 Å². The van der Waals surface area contributed by atoms with E-state index < -0.39 is 6.10 Å². The van der Waals surface area contributed by atoms with Crippen LogP contribution in [0.2, 0.25) is 0 Å². The number of aliphatic hydroxyl groups excluding tert-OH is 1. The molecule has 18 heavy (non-hydrogen) atoms. The van der Waals surface area contributed by atoms with Gasteiger partial charge in [0.2, 0.25) is 0 Å². The number of fused-ring (bicyclic) bond motifs is 7. The van der Waals surface area contributed by atoms with Crippen LogP contribution >= 0.6 is 0 Å². The molecule has 90 valence electrons. The third-order valence-electron chi connectivity index (χ3n) is 4.41. The summed E-state index contributed by atoms with van der Waals surface area (Å²) in [5, 5.41) is 14.1.